The summed E-state index contributed by atoms with van der Waals surface area (Å²) in [6.45, 7) is 3.32. The van der Waals surface area contributed by atoms with Crippen molar-refractivity contribution in [3.05, 3.63) is 71.6 Å². The van der Waals surface area contributed by atoms with Crippen LogP contribution in [-0.2, 0) is 16.1 Å². The Bertz CT molecular complexity index is 819. The summed E-state index contributed by atoms with van der Waals surface area (Å²) in [5.74, 6) is 0. The average molecular weight is 350 g/mol. The van der Waals surface area contributed by atoms with E-state index in [1.807, 2.05) is 54.4 Å². The summed E-state index contributed by atoms with van der Waals surface area (Å²) in [5.41, 5.74) is 4.41. The van der Waals surface area contributed by atoms with Crippen molar-refractivity contribution in [2.24, 2.45) is 0 Å². The summed E-state index contributed by atoms with van der Waals surface area (Å²) in [6, 6.07) is 13.8. The Morgan fingerprint density at radius 2 is 2.12 bits per heavy atom. The maximum atomic E-state index is 12.7. The van der Waals surface area contributed by atoms with E-state index in [-0.39, 0.29) is 24.8 Å². The molecule has 2 atom stereocenters. The molecule has 5 nitrogen and oxygen atoms in total. The third-order valence-corrected chi connectivity index (χ3v) is 4.88. The Morgan fingerprint density at radius 3 is 2.88 bits per heavy atom. The second-order valence-electron chi connectivity index (χ2n) is 6.79. The topological polar surface area (TPSA) is 51.7 Å². The lowest BCUT2D eigenvalue weighted by molar-refractivity contribution is -0.0342. The molecule has 1 saturated heterocycles. The Kier molecular flexibility index (Phi) is 4.71. The SMILES string of the molecule is Cc1cc(C2=CC3COCC(C2)N3C(=O)OCc2ccccc2)ccn1. The van der Waals surface area contributed by atoms with Crippen molar-refractivity contribution < 1.29 is 14.3 Å². The molecule has 1 fully saturated rings. The van der Waals surface area contributed by atoms with Crippen molar-refractivity contribution in [1.82, 2.24) is 9.88 Å². The van der Waals surface area contributed by atoms with Gasteiger partial charge in [-0.05, 0) is 42.2 Å². The third kappa shape index (κ3) is 3.48. The van der Waals surface area contributed by atoms with Crippen LogP contribution in [0.2, 0.25) is 0 Å². The lowest BCUT2D eigenvalue weighted by atomic mass is 9.90. The van der Waals surface area contributed by atoms with E-state index < -0.39 is 0 Å². The average Bonchev–Trinajstić information content (AvgIpc) is 2.66. The van der Waals surface area contributed by atoms with Gasteiger partial charge in [0.25, 0.3) is 0 Å². The zero-order chi connectivity index (χ0) is 17.9. The maximum Gasteiger partial charge on any atom is 0.411 e. The summed E-state index contributed by atoms with van der Waals surface area (Å²) in [5, 5.41) is 0. The molecule has 1 aromatic carbocycles. The summed E-state index contributed by atoms with van der Waals surface area (Å²) < 4.78 is 11.2. The summed E-state index contributed by atoms with van der Waals surface area (Å²) in [4.78, 5) is 18.8. The molecule has 0 spiro atoms. The quantitative estimate of drug-likeness (QED) is 0.849. The summed E-state index contributed by atoms with van der Waals surface area (Å²) in [6.07, 6.45) is 4.46. The highest BCUT2D eigenvalue weighted by atomic mass is 16.6. The number of fused-ring (bicyclic) bond motifs is 2. The van der Waals surface area contributed by atoms with Gasteiger partial charge in [0, 0.05) is 11.9 Å². The number of nitrogens with zero attached hydrogens (tertiary/aromatic N) is 2. The molecule has 1 aromatic heterocycles. The van der Waals surface area contributed by atoms with Crippen LogP contribution >= 0.6 is 0 Å². The number of carbonyl (C=O) groups excluding carboxylic acids is 1. The standard InChI is InChI=1S/C21H22N2O3/c1-15-9-17(7-8-22-15)18-10-19-13-25-14-20(11-18)23(19)21(24)26-12-16-5-3-2-4-6-16/h2-10,19-20H,11-14H2,1H3. The molecule has 0 radical (unpaired) electrons. The molecule has 1 amide bonds. The van der Waals surface area contributed by atoms with Gasteiger partial charge >= 0.3 is 6.09 Å². The normalized spacial score (nSPS) is 21.9. The van der Waals surface area contributed by atoms with E-state index in [0.717, 1.165) is 17.7 Å². The van der Waals surface area contributed by atoms with E-state index in [0.29, 0.717) is 13.2 Å². The van der Waals surface area contributed by atoms with Gasteiger partial charge in [0.1, 0.15) is 6.61 Å². The van der Waals surface area contributed by atoms with Gasteiger partial charge in [0.15, 0.2) is 0 Å². The first-order valence-corrected chi connectivity index (χ1v) is 8.91. The molecule has 134 valence electrons. The molecule has 2 aromatic rings. The third-order valence-electron chi connectivity index (χ3n) is 4.88. The Balaban J connectivity index is 1.50. The molecule has 5 heteroatoms. The molecular formula is C21H22N2O3. The van der Waals surface area contributed by atoms with Gasteiger partial charge in [-0.3, -0.25) is 9.88 Å². The lowest BCUT2D eigenvalue weighted by Gasteiger charge is -2.43. The lowest BCUT2D eigenvalue weighted by Crippen LogP contribution is -2.56. The number of aryl methyl sites for hydroxylation is 1. The second kappa shape index (κ2) is 7.30. The number of hydrogen-bond acceptors (Lipinski definition) is 4. The van der Waals surface area contributed by atoms with Gasteiger partial charge in [-0.15, -0.1) is 0 Å². The fourth-order valence-electron chi connectivity index (χ4n) is 3.63. The Hall–Kier alpha value is -2.66. The fraction of sp³-hybridized carbons (Fsp3) is 0.333. The zero-order valence-corrected chi connectivity index (χ0v) is 14.8. The van der Waals surface area contributed by atoms with Crippen molar-refractivity contribution in [3.63, 3.8) is 0 Å². The second-order valence-corrected chi connectivity index (χ2v) is 6.79. The minimum absolute atomic E-state index is 0.00509. The highest BCUT2D eigenvalue weighted by Gasteiger charge is 2.39. The van der Waals surface area contributed by atoms with Crippen LogP contribution in [0.5, 0.6) is 0 Å². The van der Waals surface area contributed by atoms with Crippen LogP contribution in [-0.4, -0.2) is 41.3 Å². The van der Waals surface area contributed by atoms with Crippen molar-refractivity contribution in [2.75, 3.05) is 13.2 Å². The Labute approximate surface area is 153 Å². The minimum Gasteiger partial charge on any atom is -0.445 e. The van der Waals surface area contributed by atoms with E-state index in [1.54, 1.807) is 0 Å². The molecule has 2 aliphatic rings. The number of morpholine rings is 1. The van der Waals surface area contributed by atoms with Crippen LogP contribution < -0.4 is 0 Å². The van der Waals surface area contributed by atoms with Gasteiger partial charge in [-0.2, -0.15) is 0 Å². The predicted octanol–water partition coefficient (Wildman–Crippen LogP) is 3.58. The molecule has 26 heavy (non-hydrogen) atoms. The van der Waals surface area contributed by atoms with Crippen LogP contribution in [0.25, 0.3) is 5.57 Å². The number of ether oxygens (including phenoxy) is 2. The maximum absolute atomic E-state index is 12.7. The highest BCUT2D eigenvalue weighted by molar-refractivity contribution is 5.74. The van der Waals surface area contributed by atoms with Crippen molar-refractivity contribution in [2.45, 2.75) is 32.0 Å². The van der Waals surface area contributed by atoms with E-state index >= 15 is 0 Å². The number of pyridine rings is 1. The Morgan fingerprint density at radius 1 is 1.27 bits per heavy atom. The first-order chi connectivity index (χ1) is 12.7. The molecule has 2 aliphatic heterocycles. The largest absolute Gasteiger partial charge is 0.445 e. The minimum atomic E-state index is -0.270. The summed E-state index contributed by atoms with van der Waals surface area (Å²) >= 11 is 0. The van der Waals surface area contributed by atoms with Crippen LogP contribution in [0.3, 0.4) is 0 Å². The number of amides is 1. The molecule has 2 bridgehead atoms. The number of aromatic nitrogens is 1. The van der Waals surface area contributed by atoms with Crippen molar-refractivity contribution in [1.29, 1.82) is 0 Å². The first kappa shape index (κ1) is 16.8. The number of hydrogen-bond donors (Lipinski definition) is 0. The van der Waals surface area contributed by atoms with Gasteiger partial charge in [0.2, 0.25) is 0 Å². The molecule has 2 unspecified atom stereocenters. The van der Waals surface area contributed by atoms with Crippen LogP contribution in [0.15, 0.2) is 54.7 Å². The molecule has 0 aliphatic carbocycles. The summed E-state index contributed by atoms with van der Waals surface area (Å²) in [7, 11) is 0. The molecule has 0 saturated carbocycles. The zero-order valence-electron chi connectivity index (χ0n) is 14.8. The fourth-order valence-corrected chi connectivity index (χ4v) is 3.63. The van der Waals surface area contributed by atoms with Crippen molar-refractivity contribution in [3.8, 4) is 0 Å². The molecule has 0 N–H and O–H groups in total. The molecule has 3 heterocycles. The number of benzene rings is 1. The van der Waals surface area contributed by atoms with E-state index in [9.17, 15) is 4.79 Å². The first-order valence-electron chi connectivity index (χ1n) is 8.91. The van der Waals surface area contributed by atoms with Gasteiger partial charge < -0.3 is 9.47 Å². The van der Waals surface area contributed by atoms with E-state index in [4.69, 9.17) is 9.47 Å². The number of carbonyl (C=O) groups is 1. The van der Waals surface area contributed by atoms with Crippen LogP contribution in [0.4, 0.5) is 4.79 Å². The van der Waals surface area contributed by atoms with E-state index in [1.165, 1.54) is 11.1 Å². The van der Waals surface area contributed by atoms with E-state index in [2.05, 4.69) is 17.1 Å². The van der Waals surface area contributed by atoms with Crippen LogP contribution in [0, 0.1) is 6.92 Å². The molecular weight excluding hydrogens is 328 g/mol. The molecule has 4 rings (SSSR count). The van der Waals surface area contributed by atoms with Crippen molar-refractivity contribution >= 4 is 11.7 Å². The smallest absolute Gasteiger partial charge is 0.411 e. The number of rotatable bonds is 3. The predicted molar refractivity (Wildman–Crippen MR) is 98.4 cm³/mol. The van der Waals surface area contributed by atoms with Gasteiger partial charge in [-0.1, -0.05) is 36.4 Å². The van der Waals surface area contributed by atoms with Gasteiger partial charge in [-0.25, -0.2) is 4.79 Å². The highest BCUT2D eigenvalue weighted by Crippen LogP contribution is 2.33. The van der Waals surface area contributed by atoms with Gasteiger partial charge in [0.05, 0.1) is 25.3 Å². The monoisotopic (exact) mass is 350 g/mol. The van der Waals surface area contributed by atoms with Crippen LogP contribution in [0.1, 0.15) is 23.2 Å².